The lowest BCUT2D eigenvalue weighted by atomic mass is 10.0. The first-order valence-electron chi connectivity index (χ1n) is 5.09. The van der Waals surface area contributed by atoms with Gasteiger partial charge in [0.25, 0.3) is 0 Å². The smallest absolute Gasteiger partial charge is 0.175 e. The van der Waals surface area contributed by atoms with Gasteiger partial charge in [0, 0.05) is 10.8 Å². The second-order valence-corrected chi connectivity index (χ2v) is 7.62. The fourth-order valence-electron chi connectivity index (χ4n) is 1.82. The molecule has 0 bridgehead atoms. The highest BCUT2D eigenvalue weighted by Crippen LogP contribution is 2.40. The van der Waals surface area contributed by atoms with Crippen LogP contribution in [0.1, 0.15) is 19.3 Å². The van der Waals surface area contributed by atoms with Crippen LogP contribution < -0.4 is 5.73 Å². The Kier molecular flexibility index (Phi) is 4.12. The predicted molar refractivity (Wildman–Crippen MR) is 69.2 cm³/mol. The van der Waals surface area contributed by atoms with Crippen LogP contribution in [0.4, 0.5) is 0 Å². The molecule has 1 aromatic heterocycles. The Morgan fingerprint density at radius 3 is 2.88 bits per heavy atom. The second-order valence-electron chi connectivity index (χ2n) is 4.04. The first-order chi connectivity index (χ1) is 7.65. The summed E-state index contributed by atoms with van der Waals surface area (Å²) < 4.78 is 2.01. The Balaban J connectivity index is 1.91. The maximum Gasteiger partial charge on any atom is 0.175 e. The van der Waals surface area contributed by atoms with Crippen molar-refractivity contribution in [2.75, 3.05) is 12.9 Å². The minimum Gasteiger partial charge on any atom is -0.394 e. The van der Waals surface area contributed by atoms with Crippen molar-refractivity contribution in [3.8, 4) is 0 Å². The van der Waals surface area contributed by atoms with Gasteiger partial charge in [-0.3, -0.25) is 0 Å². The first-order valence-corrected chi connectivity index (χ1v) is 8.01. The van der Waals surface area contributed by atoms with Gasteiger partial charge < -0.3 is 10.8 Å². The largest absolute Gasteiger partial charge is 0.394 e. The Bertz CT molecular complexity index is 360. The molecule has 0 saturated heterocycles. The van der Waals surface area contributed by atoms with E-state index in [4.69, 9.17) is 5.73 Å². The zero-order valence-corrected chi connectivity index (χ0v) is 11.5. The quantitative estimate of drug-likeness (QED) is 0.814. The van der Waals surface area contributed by atoms with Crippen molar-refractivity contribution in [2.45, 2.75) is 38.7 Å². The molecule has 90 valence electrons. The average molecular weight is 277 g/mol. The van der Waals surface area contributed by atoms with Gasteiger partial charge in [0.15, 0.2) is 8.68 Å². The van der Waals surface area contributed by atoms with Crippen LogP contribution in [0.25, 0.3) is 0 Å². The molecule has 0 radical (unpaired) electrons. The van der Waals surface area contributed by atoms with Gasteiger partial charge in [-0.1, -0.05) is 34.9 Å². The standard InChI is InChI=1S/C9H15N3OS3/c1-14-7-11-12-8(16-7)15-6-2-3-9(10,4-6)5-13/h6,13H,2-5,10H2,1H3. The summed E-state index contributed by atoms with van der Waals surface area (Å²) >= 11 is 4.99. The maximum atomic E-state index is 9.19. The summed E-state index contributed by atoms with van der Waals surface area (Å²) in [6, 6.07) is 0. The normalized spacial score (nSPS) is 29.8. The SMILES string of the molecule is CSc1nnc(SC2CCC(N)(CO)C2)s1. The summed E-state index contributed by atoms with van der Waals surface area (Å²) in [6.07, 6.45) is 4.81. The molecule has 3 N–H and O–H groups in total. The van der Waals surface area contributed by atoms with E-state index in [2.05, 4.69) is 10.2 Å². The number of aliphatic hydroxyl groups excluding tert-OH is 1. The van der Waals surface area contributed by atoms with Gasteiger partial charge in [0.05, 0.1) is 6.61 Å². The summed E-state index contributed by atoms with van der Waals surface area (Å²) in [5, 5.41) is 17.9. The molecule has 4 nitrogen and oxygen atoms in total. The van der Waals surface area contributed by atoms with Crippen LogP contribution in [-0.2, 0) is 0 Å². The van der Waals surface area contributed by atoms with Crippen LogP contribution >= 0.6 is 34.9 Å². The summed E-state index contributed by atoms with van der Waals surface area (Å²) in [5.41, 5.74) is 5.66. The van der Waals surface area contributed by atoms with E-state index in [0.29, 0.717) is 5.25 Å². The maximum absolute atomic E-state index is 9.19. The van der Waals surface area contributed by atoms with Gasteiger partial charge in [-0.2, -0.15) is 0 Å². The molecule has 1 aliphatic rings. The van der Waals surface area contributed by atoms with E-state index in [-0.39, 0.29) is 12.1 Å². The molecule has 1 heterocycles. The highest BCUT2D eigenvalue weighted by Gasteiger charge is 2.36. The van der Waals surface area contributed by atoms with Crippen molar-refractivity contribution >= 4 is 34.9 Å². The minimum absolute atomic E-state index is 0.0796. The van der Waals surface area contributed by atoms with E-state index >= 15 is 0 Å². The van der Waals surface area contributed by atoms with Gasteiger partial charge in [-0.15, -0.1) is 10.2 Å². The van der Waals surface area contributed by atoms with Gasteiger partial charge in [0.1, 0.15) is 0 Å². The van der Waals surface area contributed by atoms with Crippen molar-refractivity contribution in [2.24, 2.45) is 5.73 Å². The predicted octanol–water partition coefficient (Wildman–Crippen LogP) is 1.59. The van der Waals surface area contributed by atoms with Gasteiger partial charge >= 0.3 is 0 Å². The lowest BCUT2D eigenvalue weighted by Crippen LogP contribution is -2.40. The van der Waals surface area contributed by atoms with Crippen molar-refractivity contribution < 1.29 is 5.11 Å². The molecule has 0 amide bonds. The van der Waals surface area contributed by atoms with E-state index in [0.717, 1.165) is 27.9 Å². The van der Waals surface area contributed by atoms with Crippen LogP contribution in [0.5, 0.6) is 0 Å². The Labute approximate surface area is 107 Å². The molecule has 2 unspecified atom stereocenters. The average Bonchev–Trinajstić information content (AvgIpc) is 2.87. The minimum atomic E-state index is -0.370. The van der Waals surface area contributed by atoms with Crippen LogP contribution in [0.3, 0.4) is 0 Å². The molecule has 16 heavy (non-hydrogen) atoms. The summed E-state index contributed by atoms with van der Waals surface area (Å²) in [4.78, 5) is 0. The molecule has 1 saturated carbocycles. The molecule has 2 atom stereocenters. The number of rotatable bonds is 4. The molecule has 7 heteroatoms. The molecule has 1 aliphatic carbocycles. The summed E-state index contributed by atoms with van der Waals surface area (Å²) in [5.74, 6) is 0. The lowest BCUT2D eigenvalue weighted by molar-refractivity contribution is 0.200. The van der Waals surface area contributed by atoms with Crippen molar-refractivity contribution in [1.82, 2.24) is 10.2 Å². The molecule has 0 aliphatic heterocycles. The van der Waals surface area contributed by atoms with E-state index < -0.39 is 0 Å². The molecule has 0 spiro atoms. The number of aromatic nitrogens is 2. The van der Waals surface area contributed by atoms with Crippen molar-refractivity contribution in [1.29, 1.82) is 0 Å². The third-order valence-corrected chi connectivity index (χ3v) is 5.99. The van der Waals surface area contributed by atoms with Gasteiger partial charge in [-0.05, 0) is 25.5 Å². The van der Waals surface area contributed by atoms with E-state index in [9.17, 15) is 5.11 Å². The zero-order valence-electron chi connectivity index (χ0n) is 9.05. The van der Waals surface area contributed by atoms with Gasteiger partial charge in [0.2, 0.25) is 0 Å². The van der Waals surface area contributed by atoms with Crippen LogP contribution in [0.15, 0.2) is 8.68 Å². The monoisotopic (exact) mass is 277 g/mol. The lowest BCUT2D eigenvalue weighted by Gasteiger charge is -2.20. The summed E-state index contributed by atoms with van der Waals surface area (Å²) in [6.45, 7) is 0.0796. The molecule has 1 fully saturated rings. The number of aliphatic hydroxyl groups is 1. The molecule has 2 rings (SSSR count). The van der Waals surface area contributed by atoms with Crippen LogP contribution in [0, 0.1) is 0 Å². The van der Waals surface area contributed by atoms with E-state index in [1.807, 2.05) is 6.26 Å². The number of nitrogens with two attached hydrogens (primary N) is 1. The second kappa shape index (κ2) is 5.22. The molecular weight excluding hydrogens is 262 g/mol. The zero-order chi connectivity index (χ0) is 11.6. The van der Waals surface area contributed by atoms with Gasteiger partial charge in [-0.25, -0.2) is 0 Å². The topological polar surface area (TPSA) is 72.0 Å². The highest BCUT2D eigenvalue weighted by molar-refractivity contribution is 8.03. The number of nitrogens with zero attached hydrogens (tertiary/aromatic N) is 2. The van der Waals surface area contributed by atoms with Crippen LogP contribution in [-0.4, -0.2) is 39.0 Å². The summed E-state index contributed by atoms with van der Waals surface area (Å²) in [7, 11) is 0. The van der Waals surface area contributed by atoms with E-state index in [1.54, 1.807) is 34.9 Å². The number of hydrogen-bond acceptors (Lipinski definition) is 7. The number of thioether (sulfide) groups is 2. The third kappa shape index (κ3) is 2.89. The molecule has 1 aromatic rings. The first kappa shape index (κ1) is 12.6. The Morgan fingerprint density at radius 2 is 2.31 bits per heavy atom. The fraction of sp³-hybridized carbons (Fsp3) is 0.778. The fourth-order valence-corrected chi connectivity index (χ4v) is 4.85. The van der Waals surface area contributed by atoms with Crippen molar-refractivity contribution in [3.05, 3.63) is 0 Å². The third-order valence-electron chi connectivity index (χ3n) is 2.74. The van der Waals surface area contributed by atoms with E-state index in [1.165, 1.54) is 0 Å². The Hall–Kier alpha value is 0.180. The Morgan fingerprint density at radius 1 is 1.56 bits per heavy atom. The highest BCUT2D eigenvalue weighted by atomic mass is 32.2. The van der Waals surface area contributed by atoms with Crippen LogP contribution in [0.2, 0.25) is 0 Å². The molecule has 0 aromatic carbocycles. The van der Waals surface area contributed by atoms with Crippen molar-refractivity contribution in [3.63, 3.8) is 0 Å². The molecular formula is C9H15N3OS3. The number of hydrogen-bond donors (Lipinski definition) is 2.